The summed E-state index contributed by atoms with van der Waals surface area (Å²) < 4.78 is 14.8. The maximum atomic E-state index is 5.24. The van der Waals surface area contributed by atoms with Crippen LogP contribution in [-0.2, 0) is 0 Å². The Morgan fingerprint density at radius 3 is 1.17 bits per heavy atom. The second-order valence-corrected chi connectivity index (χ2v) is 30.5. The van der Waals surface area contributed by atoms with Gasteiger partial charge >= 0.3 is 0 Å². The van der Waals surface area contributed by atoms with Crippen molar-refractivity contribution < 1.29 is 0 Å². The molecule has 7 heterocycles. The molecule has 0 saturated carbocycles. The quantitative estimate of drug-likeness (QED) is 0.146. The smallest absolute Gasteiger partial charge is 0.0704 e. The number of hydrogen-bond acceptors (Lipinski definition) is 3. The first-order valence-corrected chi connectivity index (χ1v) is 37.9. The molecule has 17 aromatic carbocycles. The predicted octanol–water partition coefficient (Wildman–Crippen LogP) is 27.8. The fourth-order valence-corrected chi connectivity index (χ4v) is 20.9. The van der Waals surface area contributed by atoms with E-state index < -0.39 is 0 Å². The number of fused-ring (bicyclic) bond motifs is 25. The van der Waals surface area contributed by atoms with E-state index in [4.69, 9.17) is 4.98 Å². The van der Waals surface area contributed by atoms with Crippen molar-refractivity contribution in [2.45, 2.75) is 0 Å². The Hall–Kier alpha value is -13.4. The first-order valence-electron chi connectivity index (χ1n) is 36.3. The van der Waals surface area contributed by atoms with Crippen LogP contribution < -0.4 is 0 Å². The molecule has 24 aromatic rings. The average molecular weight is 1380 g/mol. The lowest BCUT2D eigenvalue weighted by Gasteiger charge is -2.15. The van der Waals surface area contributed by atoms with Crippen LogP contribution in [0.5, 0.6) is 0 Å². The van der Waals surface area contributed by atoms with Crippen molar-refractivity contribution in [3.63, 3.8) is 0 Å². The van der Waals surface area contributed by atoms with Gasteiger partial charge in [0, 0.05) is 111 Å². The number of benzene rings is 17. The largest absolute Gasteiger partial charge is 0.309 e. The zero-order chi connectivity index (χ0) is 69.0. The molecular formula is C99H57N5S2. The van der Waals surface area contributed by atoms with Crippen LogP contribution in [0.15, 0.2) is 346 Å². The van der Waals surface area contributed by atoms with Gasteiger partial charge in [0.05, 0.1) is 61.5 Å². The zero-order valence-corrected chi connectivity index (χ0v) is 58.6. The van der Waals surface area contributed by atoms with Crippen LogP contribution in [0.2, 0.25) is 0 Å². The summed E-state index contributed by atoms with van der Waals surface area (Å²) in [5.74, 6) is 0. The van der Waals surface area contributed by atoms with Gasteiger partial charge in [0.1, 0.15) is 0 Å². The Kier molecular flexibility index (Phi) is 12.1. The Balaban J connectivity index is 0.611. The van der Waals surface area contributed by atoms with Gasteiger partial charge in [0.25, 0.3) is 0 Å². The molecule has 0 radical (unpaired) electrons. The van der Waals surface area contributed by atoms with Crippen LogP contribution in [0.3, 0.4) is 0 Å². The average Bonchev–Trinajstić information content (AvgIpc) is 1.65. The van der Waals surface area contributed by atoms with Crippen molar-refractivity contribution in [2.24, 2.45) is 0 Å². The van der Waals surface area contributed by atoms with Gasteiger partial charge in [0.2, 0.25) is 0 Å². The fraction of sp³-hybridized carbons (Fsp3) is 0. The summed E-state index contributed by atoms with van der Waals surface area (Å²) in [6, 6.07) is 127. The predicted molar refractivity (Wildman–Crippen MR) is 454 cm³/mol. The van der Waals surface area contributed by atoms with Crippen molar-refractivity contribution in [1.82, 2.24) is 23.3 Å². The number of para-hydroxylation sites is 6. The molecule has 106 heavy (non-hydrogen) atoms. The van der Waals surface area contributed by atoms with E-state index in [1.54, 1.807) is 0 Å². The molecule has 0 spiro atoms. The summed E-state index contributed by atoms with van der Waals surface area (Å²) in [5, 5.41) is 23.6. The van der Waals surface area contributed by atoms with E-state index in [0.717, 1.165) is 44.7 Å². The van der Waals surface area contributed by atoms with Gasteiger partial charge < -0.3 is 18.3 Å². The molecule has 0 aliphatic rings. The van der Waals surface area contributed by atoms with Gasteiger partial charge in [-0.05, 0) is 181 Å². The van der Waals surface area contributed by atoms with E-state index in [9.17, 15) is 0 Å². The SMILES string of the molecule is c1ccc2c(c1)sc1c(-c3ccc4ncc(-n5c6ccccc6c6cc(-n7c8ccccc8c8ccccc87)ccc65)cc4c3)c(-c3ccc4c(c3)sc3c(-c5ccc6c7ccc(-n8c9ccccc9c9cc(-n%10c%11ccccc%11c%11ccccc%11%10)ccc98)cc7c7ccccc7c6c5)cccc34)ccc12. The third-order valence-electron chi connectivity index (χ3n) is 22.9. The molecular weight excluding hydrogens is 1320 g/mol. The number of pyridine rings is 1. The maximum Gasteiger partial charge on any atom is 0.0704 e. The summed E-state index contributed by atoms with van der Waals surface area (Å²) in [5.41, 5.74) is 22.2. The van der Waals surface area contributed by atoms with Crippen LogP contribution >= 0.6 is 22.7 Å². The van der Waals surface area contributed by atoms with Crippen LogP contribution in [0.4, 0.5) is 0 Å². The molecule has 0 atom stereocenters. The van der Waals surface area contributed by atoms with E-state index in [0.29, 0.717) is 0 Å². The topological polar surface area (TPSA) is 32.6 Å². The van der Waals surface area contributed by atoms with Crippen LogP contribution in [0, 0.1) is 0 Å². The minimum atomic E-state index is 0.958. The molecule has 0 aliphatic carbocycles. The van der Waals surface area contributed by atoms with E-state index >= 15 is 0 Å². The van der Waals surface area contributed by atoms with Gasteiger partial charge in [-0.2, -0.15) is 0 Å². The molecule has 24 rings (SSSR count). The van der Waals surface area contributed by atoms with E-state index in [2.05, 4.69) is 358 Å². The molecule has 0 unspecified atom stereocenters. The minimum Gasteiger partial charge on any atom is -0.309 e. The second kappa shape index (κ2) is 22.0. The van der Waals surface area contributed by atoms with Gasteiger partial charge in [0.15, 0.2) is 0 Å². The minimum absolute atomic E-state index is 0.958. The number of aromatic nitrogens is 5. The zero-order valence-electron chi connectivity index (χ0n) is 57.0. The molecule has 7 heteroatoms. The normalized spacial score (nSPS) is 12.3. The highest BCUT2D eigenvalue weighted by Gasteiger charge is 2.24. The number of nitrogens with zero attached hydrogens (tertiary/aromatic N) is 5. The molecule has 5 nitrogen and oxygen atoms in total. The van der Waals surface area contributed by atoms with Gasteiger partial charge in [-0.25, -0.2) is 0 Å². The fourth-order valence-electron chi connectivity index (χ4n) is 18.3. The summed E-state index contributed by atoms with van der Waals surface area (Å²) in [6.45, 7) is 0. The molecule has 0 saturated heterocycles. The lowest BCUT2D eigenvalue weighted by Crippen LogP contribution is -1.97. The maximum absolute atomic E-state index is 5.24. The standard InChI is InChI=1S/C99H57N5S2/c1-2-19-69-68(18-1)82-52-58(36-42-70(82)71-44-39-62(54-83(69)71)103-91-33-14-7-24-76(91)84-55-63(40-48-93(84)103)101-87-29-10-3-20-72(87)73-21-4-11-30-88(73)101)67-27-17-28-80-79-43-37-59(53-96(79)106-98(67)80)66-45-46-81-78-26-9-16-35-95(78)105-99(81)97(66)60-38-47-86-61(50-60)51-65(57-100-86)104-92-34-15-8-25-77(92)85-56-64(41-49-94(85)104)102-89-31-12-5-22-74(89)75-23-6-13-32-90(75)102/h1-57H. The molecule has 0 bridgehead atoms. The Morgan fingerprint density at radius 2 is 0.594 bits per heavy atom. The highest BCUT2D eigenvalue weighted by Crippen LogP contribution is 2.50. The van der Waals surface area contributed by atoms with Gasteiger partial charge in [-0.3, -0.25) is 4.98 Å². The van der Waals surface area contributed by atoms with Crippen LogP contribution in [-0.4, -0.2) is 23.3 Å². The van der Waals surface area contributed by atoms with E-state index in [1.807, 2.05) is 28.9 Å². The van der Waals surface area contributed by atoms with Crippen molar-refractivity contribution in [2.75, 3.05) is 0 Å². The number of hydrogen-bond donors (Lipinski definition) is 0. The summed E-state index contributed by atoms with van der Waals surface area (Å²) in [6.07, 6.45) is 2.05. The van der Waals surface area contributed by atoms with Crippen molar-refractivity contribution in [1.29, 1.82) is 0 Å². The first kappa shape index (κ1) is 58.1. The molecule has 490 valence electrons. The summed E-state index contributed by atoms with van der Waals surface area (Å²) in [4.78, 5) is 5.24. The third kappa shape index (κ3) is 8.26. The highest BCUT2D eigenvalue weighted by atomic mass is 32.1. The van der Waals surface area contributed by atoms with Gasteiger partial charge in [-0.15, -0.1) is 22.7 Å². The Labute approximate surface area is 614 Å². The summed E-state index contributed by atoms with van der Waals surface area (Å²) >= 11 is 3.80. The first-order chi connectivity index (χ1) is 52.6. The molecule has 7 aromatic heterocycles. The lowest BCUT2D eigenvalue weighted by molar-refractivity contribution is 1.15. The van der Waals surface area contributed by atoms with Gasteiger partial charge in [-0.1, -0.05) is 218 Å². The molecule has 0 fully saturated rings. The van der Waals surface area contributed by atoms with E-state index in [1.165, 1.54) is 182 Å². The Morgan fingerprint density at radius 1 is 0.208 bits per heavy atom. The number of rotatable bonds is 7. The molecule has 0 amide bonds. The van der Waals surface area contributed by atoms with Crippen molar-refractivity contribution in [3.8, 4) is 56.1 Å². The lowest BCUT2D eigenvalue weighted by atomic mass is 9.91. The highest BCUT2D eigenvalue weighted by molar-refractivity contribution is 7.27. The molecule has 0 aliphatic heterocycles. The summed E-state index contributed by atoms with van der Waals surface area (Å²) in [7, 11) is 0. The van der Waals surface area contributed by atoms with Crippen LogP contribution in [0.1, 0.15) is 0 Å². The van der Waals surface area contributed by atoms with Crippen molar-refractivity contribution in [3.05, 3.63) is 346 Å². The monoisotopic (exact) mass is 1380 g/mol. The van der Waals surface area contributed by atoms with Crippen molar-refractivity contribution >= 4 is 193 Å². The van der Waals surface area contributed by atoms with E-state index in [-0.39, 0.29) is 0 Å². The molecule has 0 N–H and O–H groups in total. The van der Waals surface area contributed by atoms with Crippen LogP contribution in [0.25, 0.3) is 227 Å². The Bertz CT molecular complexity index is 7860. The second-order valence-electron chi connectivity index (χ2n) is 28.4. The third-order valence-corrected chi connectivity index (χ3v) is 25.4. The number of thiophene rings is 2.